The lowest BCUT2D eigenvalue weighted by molar-refractivity contribution is -0.218. The van der Waals surface area contributed by atoms with E-state index in [1.807, 2.05) is 0 Å². The Bertz CT molecular complexity index is 481. The Morgan fingerprint density at radius 2 is 1.48 bits per heavy atom. The SMILES string of the molecule is CC(C)OC(=O)[C@@H]1OC2(CC[C@H]3C[C@]32C)O[C@H]1C(=O)OC(C)C. The highest BCUT2D eigenvalue weighted by Crippen LogP contribution is 2.71. The molecule has 0 radical (unpaired) electrons. The molecule has 0 bridgehead atoms. The fraction of sp³-hybridized carbons (Fsp3) is 0.882. The predicted molar refractivity (Wildman–Crippen MR) is 80.4 cm³/mol. The van der Waals surface area contributed by atoms with E-state index in [9.17, 15) is 9.59 Å². The maximum absolute atomic E-state index is 12.4. The van der Waals surface area contributed by atoms with Gasteiger partial charge in [0.2, 0.25) is 0 Å². The number of carbonyl (C=O) groups is 2. The summed E-state index contributed by atoms with van der Waals surface area (Å²) in [5.74, 6) is -1.44. The van der Waals surface area contributed by atoms with Crippen LogP contribution in [0.1, 0.15) is 53.9 Å². The fourth-order valence-corrected chi connectivity index (χ4v) is 3.88. The first-order valence-corrected chi connectivity index (χ1v) is 8.45. The van der Waals surface area contributed by atoms with Crippen molar-refractivity contribution in [2.75, 3.05) is 0 Å². The van der Waals surface area contributed by atoms with Gasteiger partial charge in [-0.25, -0.2) is 9.59 Å². The van der Waals surface area contributed by atoms with Crippen LogP contribution in [0.5, 0.6) is 0 Å². The summed E-state index contributed by atoms with van der Waals surface area (Å²) in [6, 6.07) is 0. The third-order valence-corrected chi connectivity index (χ3v) is 5.18. The Morgan fingerprint density at radius 3 is 1.78 bits per heavy atom. The second-order valence-corrected chi connectivity index (χ2v) is 7.66. The van der Waals surface area contributed by atoms with E-state index in [2.05, 4.69) is 6.92 Å². The lowest BCUT2D eigenvalue weighted by atomic mass is 9.99. The summed E-state index contributed by atoms with van der Waals surface area (Å²) in [6.07, 6.45) is 0.0267. The highest BCUT2D eigenvalue weighted by Gasteiger charge is 2.74. The van der Waals surface area contributed by atoms with Crippen LogP contribution in [0.4, 0.5) is 0 Å². The van der Waals surface area contributed by atoms with Gasteiger partial charge in [-0.05, 0) is 46.5 Å². The maximum Gasteiger partial charge on any atom is 0.339 e. The number of hydrogen-bond donors (Lipinski definition) is 0. The van der Waals surface area contributed by atoms with Gasteiger partial charge in [0.1, 0.15) is 0 Å². The van der Waals surface area contributed by atoms with Gasteiger partial charge in [0, 0.05) is 11.8 Å². The maximum atomic E-state index is 12.4. The number of fused-ring (bicyclic) bond motifs is 2. The largest absolute Gasteiger partial charge is 0.461 e. The molecule has 1 aliphatic heterocycles. The van der Waals surface area contributed by atoms with E-state index in [0.717, 1.165) is 12.8 Å². The molecule has 4 atom stereocenters. The minimum atomic E-state index is -1.06. The van der Waals surface area contributed by atoms with Crippen LogP contribution in [0.3, 0.4) is 0 Å². The Labute approximate surface area is 136 Å². The van der Waals surface area contributed by atoms with Crippen molar-refractivity contribution in [2.45, 2.75) is 84.1 Å². The molecule has 3 rings (SSSR count). The molecule has 0 aromatic carbocycles. The molecule has 3 aliphatic rings. The molecular weight excluding hydrogens is 300 g/mol. The quantitative estimate of drug-likeness (QED) is 0.738. The average Bonchev–Trinajstić information content (AvgIpc) is 2.85. The van der Waals surface area contributed by atoms with Crippen molar-refractivity contribution >= 4 is 11.9 Å². The molecule has 6 nitrogen and oxygen atoms in total. The van der Waals surface area contributed by atoms with Crippen molar-refractivity contribution < 1.29 is 28.5 Å². The van der Waals surface area contributed by atoms with Crippen molar-refractivity contribution in [1.29, 1.82) is 0 Å². The number of esters is 2. The van der Waals surface area contributed by atoms with Crippen molar-refractivity contribution in [3.05, 3.63) is 0 Å². The van der Waals surface area contributed by atoms with Gasteiger partial charge in [0.15, 0.2) is 18.0 Å². The first-order valence-electron chi connectivity index (χ1n) is 8.45. The number of carbonyl (C=O) groups excluding carboxylic acids is 2. The molecule has 1 saturated heterocycles. The molecule has 23 heavy (non-hydrogen) atoms. The summed E-state index contributed by atoms with van der Waals surface area (Å²) in [5.41, 5.74) is -0.115. The Kier molecular flexibility index (Phi) is 3.96. The zero-order valence-electron chi connectivity index (χ0n) is 14.5. The summed E-state index contributed by atoms with van der Waals surface area (Å²) in [5, 5.41) is 0. The molecule has 2 saturated carbocycles. The van der Waals surface area contributed by atoms with Crippen molar-refractivity contribution in [3.8, 4) is 0 Å². The Morgan fingerprint density at radius 1 is 1.00 bits per heavy atom. The minimum Gasteiger partial charge on any atom is -0.461 e. The number of hydrogen-bond acceptors (Lipinski definition) is 6. The highest BCUT2D eigenvalue weighted by molar-refractivity contribution is 5.86. The second kappa shape index (κ2) is 5.45. The molecule has 3 fully saturated rings. The summed E-state index contributed by atoms with van der Waals surface area (Å²) in [4.78, 5) is 24.8. The summed E-state index contributed by atoms with van der Waals surface area (Å²) >= 11 is 0. The summed E-state index contributed by atoms with van der Waals surface area (Å²) in [6.45, 7) is 9.15. The second-order valence-electron chi connectivity index (χ2n) is 7.66. The first kappa shape index (κ1) is 16.7. The summed E-state index contributed by atoms with van der Waals surface area (Å²) in [7, 11) is 0. The lowest BCUT2D eigenvalue weighted by Crippen LogP contribution is -2.40. The van der Waals surface area contributed by atoms with Crippen LogP contribution in [0, 0.1) is 11.3 Å². The molecule has 0 N–H and O–H groups in total. The van der Waals surface area contributed by atoms with Gasteiger partial charge in [-0.15, -0.1) is 0 Å². The van der Waals surface area contributed by atoms with Crippen LogP contribution in [0.15, 0.2) is 0 Å². The van der Waals surface area contributed by atoms with Crippen LogP contribution < -0.4 is 0 Å². The smallest absolute Gasteiger partial charge is 0.339 e. The molecule has 2 aliphatic carbocycles. The van der Waals surface area contributed by atoms with Crippen molar-refractivity contribution in [3.63, 3.8) is 0 Å². The first-order chi connectivity index (χ1) is 10.7. The predicted octanol–water partition coefficient (Wildman–Crippen LogP) is 2.19. The van der Waals surface area contributed by atoms with Gasteiger partial charge in [0.25, 0.3) is 0 Å². The van der Waals surface area contributed by atoms with Gasteiger partial charge in [-0.2, -0.15) is 0 Å². The molecule has 0 unspecified atom stereocenters. The molecular formula is C17H26O6. The van der Waals surface area contributed by atoms with Crippen LogP contribution in [0.2, 0.25) is 0 Å². The van der Waals surface area contributed by atoms with Gasteiger partial charge >= 0.3 is 11.9 Å². The monoisotopic (exact) mass is 326 g/mol. The van der Waals surface area contributed by atoms with E-state index in [4.69, 9.17) is 18.9 Å². The van der Waals surface area contributed by atoms with E-state index in [-0.39, 0.29) is 17.6 Å². The molecule has 0 aromatic rings. The van der Waals surface area contributed by atoms with Crippen LogP contribution in [-0.4, -0.2) is 42.1 Å². The van der Waals surface area contributed by atoms with Crippen molar-refractivity contribution in [1.82, 2.24) is 0 Å². The van der Waals surface area contributed by atoms with E-state index in [0.29, 0.717) is 12.3 Å². The van der Waals surface area contributed by atoms with Crippen molar-refractivity contribution in [2.24, 2.45) is 11.3 Å². The van der Waals surface area contributed by atoms with Gasteiger partial charge in [0.05, 0.1) is 12.2 Å². The highest BCUT2D eigenvalue weighted by atomic mass is 16.8. The zero-order valence-corrected chi connectivity index (χ0v) is 14.5. The van der Waals surface area contributed by atoms with E-state index in [1.165, 1.54) is 0 Å². The zero-order chi connectivity index (χ0) is 17.0. The topological polar surface area (TPSA) is 71.1 Å². The van der Waals surface area contributed by atoms with Gasteiger partial charge < -0.3 is 18.9 Å². The van der Waals surface area contributed by atoms with Crippen LogP contribution >= 0.6 is 0 Å². The fourth-order valence-electron chi connectivity index (χ4n) is 3.88. The number of rotatable bonds is 4. The third kappa shape index (κ3) is 2.66. The molecule has 1 heterocycles. The minimum absolute atomic E-state index is 0.115. The van der Waals surface area contributed by atoms with Gasteiger partial charge in [-0.1, -0.05) is 6.92 Å². The van der Waals surface area contributed by atoms with E-state index >= 15 is 0 Å². The summed E-state index contributed by atoms with van der Waals surface area (Å²) < 4.78 is 22.6. The molecule has 130 valence electrons. The van der Waals surface area contributed by atoms with Gasteiger partial charge in [-0.3, -0.25) is 0 Å². The third-order valence-electron chi connectivity index (χ3n) is 5.18. The lowest BCUT2D eigenvalue weighted by Gasteiger charge is -2.30. The van der Waals surface area contributed by atoms with E-state index < -0.39 is 29.9 Å². The average molecular weight is 326 g/mol. The molecule has 0 aromatic heterocycles. The van der Waals surface area contributed by atoms with E-state index in [1.54, 1.807) is 27.7 Å². The molecule has 1 spiro atoms. The van der Waals surface area contributed by atoms with Crippen LogP contribution in [0.25, 0.3) is 0 Å². The normalized spacial score (nSPS) is 37.3. The standard InChI is InChI=1S/C17H26O6/c1-9(2)20-14(18)12-13(15(19)21-10(3)4)23-17(22-12)7-6-11-8-16(11,17)5/h9-13H,6-8H2,1-5H3/t11-,12+,13+,16+/m0/s1. The molecule has 6 heteroatoms. The number of ether oxygens (including phenoxy) is 4. The van der Waals surface area contributed by atoms with Crippen LogP contribution in [-0.2, 0) is 28.5 Å². The Hall–Kier alpha value is -1.14. The molecule has 0 amide bonds. The Balaban J connectivity index is 1.82.